The van der Waals surface area contributed by atoms with E-state index in [1.54, 1.807) is 35.5 Å². The van der Waals surface area contributed by atoms with Gasteiger partial charge >= 0.3 is 0 Å². The number of nitrogens with zero attached hydrogens (tertiary/aromatic N) is 4. The van der Waals surface area contributed by atoms with Gasteiger partial charge in [0.2, 0.25) is 11.7 Å². The predicted octanol–water partition coefficient (Wildman–Crippen LogP) is 1.56. The molecule has 0 aliphatic carbocycles. The average molecular weight is 461 g/mol. The van der Waals surface area contributed by atoms with Crippen molar-refractivity contribution in [3.63, 3.8) is 0 Å². The summed E-state index contributed by atoms with van der Waals surface area (Å²) >= 11 is 0. The first-order valence-electron chi connectivity index (χ1n) is 11.1. The molecule has 4 heterocycles. The summed E-state index contributed by atoms with van der Waals surface area (Å²) < 4.78 is 13.1. The Labute approximate surface area is 196 Å². The van der Waals surface area contributed by atoms with E-state index in [1.165, 1.54) is 12.1 Å². The van der Waals surface area contributed by atoms with Gasteiger partial charge < -0.3 is 15.1 Å². The molecule has 1 unspecified atom stereocenters. The van der Waals surface area contributed by atoms with Crippen LogP contribution in [0.2, 0.25) is 0 Å². The summed E-state index contributed by atoms with van der Waals surface area (Å²) in [7, 11) is 0. The summed E-state index contributed by atoms with van der Waals surface area (Å²) in [4.78, 5) is 47.6. The lowest BCUT2D eigenvalue weighted by atomic mass is 10.0. The van der Waals surface area contributed by atoms with Crippen molar-refractivity contribution in [2.24, 2.45) is 0 Å². The molecule has 2 saturated heterocycles. The molecule has 3 aliphatic rings. The maximum Gasteiger partial charge on any atom is 0.292 e. The quantitative estimate of drug-likeness (QED) is 0.681. The molecular formula is C25H24FN5O3. The number of allylic oxidation sites excluding steroid dienone is 1. The molecule has 0 saturated carbocycles. The summed E-state index contributed by atoms with van der Waals surface area (Å²) in [6.45, 7) is 1.67. The molecule has 1 aromatic carbocycles. The van der Waals surface area contributed by atoms with Crippen molar-refractivity contribution in [1.29, 1.82) is 0 Å². The Kier molecular flexibility index (Phi) is 5.93. The molecule has 2 fully saturated rings. The molecule has 3 aliphatic heterocycles. The molecule has 8 nitrogen and oxygen atoms in total. The van der Waals surface area contributed by atoms with Gasteiger partial charge in [-0.2, -0.15) is 0 Å². The number of carbonyl (C=O) groups is 3. The largest absolute Gasteiger partial charge is 0.348 e. The van der Waals surface area contributed by atoms with Gasteiger partial charge in [-0.05, 0) is 35.7 Å². The van der Waals surface area contributed by atoms with Crippen molar-refractivity contribution < 1.29 is 18.8 Å². The lowest BCUT2D eigenvalue weighted by Crippen LogP contribution is -2.66. The highest BCUT2D eigenvalue weighted by atomic mass is 19.1. The number of rotatable bonds is 5. The van der Waals surface area contributed by atoms with Crippen LogP contribution in [-0.2, 0) is 27.5 Å². The Balaban J connectivity index is 1.29. The lowest BCUT2D eigenvalue weighted by molar-refractivity contribution is -0.159. The van der Waals surface area contributed by atoms with E-state index in [-0.39, 0.29) is 24.4 Å². The second-order valence-electron chi connectivity index (χ2n) is 8.62. The Morgan fingerprint density at radius 2 is 1.94 bits per heavy atom. The zero-order chi connectivity index (χ0) is 23.7. The van der Waals surface area contributed by atoms with Crippen LogP contribution in [0.15, 0.2) is 72.3 Å². The molecule has 5 rings (SSSR count). The van der Waals surface area contributed by atoms with Gasteiger partial charge in [-0.25, -0.2) is 4.39 Å². The summed E-state index contributed by atoms with van der Waals surface area (Å²) in [6, 6.07) is 9.69. The number of benzene rings is 1. The van der Waals surface area contributed by atoms with Crippen molar-refractivity contribution in [1.82, 2.24) is 25.0 Å². The van der Waals surface area contributed by atoms with E-state index in [0.29, 0.717) is 38.2 Å². The van der Waals surface area contributed by atoms with Crippen LogP contribution in [0.4, 0.5) is 4.39 Å². The fourth-order valence-electron chi connectivity index (χ4n) is 4.52. The number of halogens is 1. The molecule has 0 spiro atoms. The minimum absolute atomic E-state index is 0.0902. The summed E-state index contributed by atoms with van der Waals surface area (Å²) in [5, 5.41) is 2.88. The van der Waals surface area contributed by atoms with Gasteiger partial charge in [0.25, 0.3) is 5.91 Å². The van der Waals surface area contributed by atoms with Crippen LogP contribution in [-0.4, -0.2) is 63.1 Å². The van der Waals surface area contributed by atoms with Gasteiger partial charge in [0.1, 0.15) is 12.0 Å². The summed E-state index contributed by atoms with van der Waals surface area (Å²) in [5.74, 6) is -1.41. The molecule has 0 radical (unpaired) electrons. The number of fused-ring (bicyclic) bond motifs is 2. The van der Waals surface area contributed by atoms with Gasteiger partial charge in [-0.3, -0.25) is 24.3 Å². The maximum atomic E-state index is 13.1. The van der Waals surface area contributed by atoms with E-state index in [9.17, 15) is 18.8 Å². The highest BCUT2D eigenvalue weighted by molar-refractivity contribution is 6.37. The predicted molar refractivity (Wildman–Crippen MR) is 121 cm³/mol. The van der Waals surface area contributed by atoms with Crippen LogP contribution in [0.5, 0.6) is 0 Å². The highest BCUT2D eigenvalue weighted by Crippen LogP contribution is 2.29. The number of Topliss-reactive ketones (excluding diaryl/α,β-unsaturated/α-hetero) is 1. The van der Waals surface area contributed by atoms with Crippen molar-refractivity contribution in [3.05, 3.63) is 89.3 Å². The topological polar surface area (TPSA) is 85.8 Å². The normalized spacial score (nSPS) is 20.3. The average Bonchev–Trinajstić information content (AvgIpc) is 2.85. The first-order chi connectivity index (χ1) is 16.5. The van der Waals surface area contributed by atoms with Crippen LogP contribution in [0.25, 0.3) is 0 Å². The van der Waals surface area contributed by atoms with E-state index >= 15 is 0 Å². The van der Waals surface area contributed by atoms with Crippen LogP contribution in [0, 0.1) is 5.82 Å². The van der Waals surface area contributed by atoms with Crippen molar-refractivity contribution >= 4 is 17.6 Å². The van der Waals surface area contributed by atoms with Crippen molar-refractivity contribution in [2.75, 3.05) is 19.6 Å². The van der Waals surface area contributed by atoms with Crippen LogP contribution in [0.3, 0.4) is 0 Å². The second-order valence-corrected chi connectivity index (χ2v) is 8.62. The van der Waals surface area contributed by atoms with Crippen molar-refractivity contribution in [3.8, 4) is 0 Å². The Bertz CT molecular complexity index is 1180. The Morgan fingerprint density at radius 3 is 2.71 bits per heavy atom. The van der Waals surface area contributed by atoms with E-state index in [4.69, 9.17) is 0 Å². The van der Waals surface area contributed by atoms with Gasteiger partial charge in [0.05, 0.1) is 13.1 Å². The molecule has 9 heteroatoms. The fourth-order valence-corrected chi connectivity index (χ4v) is 4.52. The molecule has 1 aromatic heterocycles. The molecule has 174 valence electrons. The number of piperazine rings is 1. The highest BCUT2D eigenvalue weighted by Gasteiger charge is 2.43. The number of aromatic nitrogens is 1. The molecule has 34 heavy (non-hydrogen) atoms. The third kappa shape index (κ3) is 4.47. The molecule has 1 N–H and O–H groups in total. The Hall–Kier alpha value is -3.85. The molecular weight excluding hydrogens is 437 g/mol. The zero-order valence-electron chi connectivity index (χ0n) is 18.5. The molecule has 1 atom stereocenters. The van der Waals surface area contributed by atoms with Gasteiger partial charge in [0, 0.05) is 49.5 Å². The smallest absolute Gasteiger partial charge is 0.292 e. The van der Waals surface area contributed by atoms with Crippen LogP contribution < -0.4 is 5.32 Å². The Morgan fingerprint density at radius 1 is 1.12 bits per heavy atom. The van der Waals surface area contributed by atoms with Crippen LogP contribution >= 0.6 is 0 Å². The fraction of sp³-hybridized carbons (Fsp3) is 0.280. The van der Waals surface area contributed by atoms with E-state index < -0.39 is 11.7 Å². The monoisotopic (exact) mass is 461 g/mol. The van der Waals surface area contributed by atoms with Gasteiger partial charge in [0.15, 0.2) is 0 Å². The number of amides is 2. The first kappa shape index (κ1) is 22.0. The van der Waals surface area contributed by atoms with Crippen molar-refractivity contribution in [2.45, 2.75) is 25.7 Å². The van der Waals surface area contributed by atoms with E-state index in [1.807, 2.05) is 28.1 Å². The summed E-state index contributed by atoms with van der Waals surface area (Å²) in [5.41, 5.74) is 3.28. The number of pyridine rings is 1. The second kappa shape index (κ2) is 9.18. The number of carbonyl (C=O) groups excluding carboxylic acids is 3. The van der Waals surface area contributed by atoms with E-state index in [2.05, 4.69) is 10.3 Å². The minimum Gasteiger partial charge on any atom is -0.348 e. The zero-order valence-corrected chi connectivity index (χ0v) is 18.5. The van der Waals surface area contributed by atoms with E-state index in [0.717, 1.165) is 16.8 Å². The maximum absolute atomic E-state index is 13.1. The number of ketones is 1. The van der Waals surface area contributed by atoms with Crippen LogP contribution in [0.1, 0.15) is 17.5 Å². The number of hydrogen-bond acceptors (Lipinski definition) is 6. The van der Waals surface area contributed by atoms with Gasteiger partial charge in [-0.15, -0.1) is 0 Å². The lowest BCUT2D eigenvalue weighted by Gasteiger charge is -2.50. The standard InChI is InChI=1S/C25H24FN5O3/c26-20-6-3-17(4-7-20)11-28-24(33)19-5-8-21-14-30-15-22(32)25(34)31(23(30)16-29(21)13-19)12-18-2-1-9-27-10-18/h1-4,6-10,13,23H,5,11-12,14-16H2,(H,28,33). The summed E-state index contributed by atoms with van der Waals surface area (Å²) in [6.07, 6.45) is 7.37. The third-order valence-electron chi connectivity index (χ3n) is 6.32. The molecule has 2 aromatic rings. The molecule has 2 amide bonds. The minimum atomic E-state index is -0.490. The van der Waals surface area contributed by atoms with Gasteiger partial charge in [-0.1, -0.05) is 24.3 Å². The first-order valence-corrected chi connectivity index (χ1v) is 11.1. The number of nitrogens with one attached hydrogen (secondary N) is 1. The SMILES string of the molecule is O=C1CN2CC3=CCC(C(=O)NCc4ccc(F)cc4)=CN3CC2N(Cc2cccnc2)C1=O. The third-order valence-corrected chi connectivity index (χ3v) is 6.32. The molecule has 0 bridgehead atoms. The number of hydrogen-bond donors (Lipinski definition) is 1.